The molecule has 0 saturated carbocycles. The third-order valence-corrected chi connectivity index (χ3v) is 5.86. The van der Waals surface area contributed by atoms with Gasteiger partial charge in [0.25, 0.3) is 5.91 Å². The number of carbonyl (C=O) groups is 2. The fraction of sp³-hybridized carbons (Fsp3) is 0.348. The number of aliphatic carboxylic acids is 1. The minimum atomic E-state index is -0.738. The third-order valence-electron chi connectivity index (χ3n) is 5.86. The zero-order valence-corrected chi connectivity index (χ0v) is 16.4. The zero-order chi connectivity index (χ0) is 20.4. The van der Waals surface area contributed by atoms with Crippen LogP contribution in [0.15, 0.2) is 42.5 Å². The van der Waals surface area contributed by atoms with Gasteiger partial charge in [-0.3, -0.25) is 9.59 Å². The Morgan fingerprint density at radius 2 is 2.10 bits per heavy atom. The van der Waals surface area contributed by atoms with Crippen LogP contribution in [0.5, 0.6) is 0 Å². The highest BCUT2D eigenvalue weighted by atomic mass is 16.4. The van der Waals surface area contributed by atoms with Gasteiger partial charge in [0, 0.05) is 5.56 Å². The van der Waals surface area contributed by atoms with E-state index in [4.69, 9.17) is 0 Å². The molecule has 3 aromatic rings. The van der Waals surface area contributed by atoms with Gasteiger partial charge in [0.1, 0.15) is 5.82 Å². The van der Waals surface area contributed by atoms with Crippen molar-refractivity contribution >= 4 is 22.9 Å². The van der Waals surface area contributed by atoms with Gasteiger partial charge in [-0.05, 0) is 67.0 Å². The number of imidazole rings is 1. The van der Waals surface area contributed by atoms with Crippen molar-refractivity contribution in [3.8, 4) is 0 Å². The molecule has 0 spiro atoms. The molecule has 2 unspecified atom stereocenters. The smallest absolute Gasteiger partial charge is 0.307 e. The fourth-order valence-corrected chi connectivity index (χ4v) is 4.40. The summed E-state index contributed by atoms with van der Waals surface area (Å²) in [5.74, 6) is -0.529. The van der Waals surface area contributed by atoms with Crippen LogP contribution in [-0.2, 0) is 17.8 Å². The van der Waals surface area contributed by atoms with Crippen molar-refractivity contribution in [2.75, 3.05) is 0 Å². The molecule has 29 heavy (non-hydrogen) atoms. The van der Waals surface area contributed by atoms with Crippen LogP contribution in [0.2, 0.25) is 0 Å². The summed E-state index contributed by atoms with van der Waals surface area (Å²) in [5, 5.41) is 12.5. The molecule has 0 saturated heterocycles. The first kappa shape index (κ1) is 19.2. The first-order valence-electron chi connectivity index (χ1n) is 10.1. The lowest BCUT2D eigenvalue weighted by Crippen LogP contribution is -2.26. The molecule has 0 fully saturated rings. The quantitative estimate of drug-likeness (QED) is 0.591. The maximum Gasteiger partial charge on any atom is 0.307 e. The molecule has 2 atom stereocenters. The molecule has 1 aromatic heterocycles. The lowest BCUT2D eigenvalue weighted by atomic mass is 9.74. The van der Waals surface area contributed by atoms with Crippen LogP contribution in [0.25, 0.3) is 11.0 Å². The van der Waals surface area contributed by atoms with Crippen LogP contribution in [0.4, 0.5) is 0 Å². The molecule has 0 aliphatic heterocycles. The Balaban J connectivity index is 1.49. The van der Waals surface area contributed by atoms with E-state index in [1.54, 1.807) is 6.07 Å². The van der Waals surface area contributed by atoms with E-state index < -0.39 is 5.97 Å². The summed E-state index contributed by atoms with van der Waals surface area (Å²) in [6, 6.07) is 13.4. The van der Waals surface area contributed by atoms with E-state index in [1.807, 2.05) is 43.3 Å². The van der Waals surface area contributed by atoms with Crippen molar-refractivity contribution in [2.45, 2.75) is 45.1 Å². The van der Waals surface area contributed by atoms with Crippen molar-refractivity contribution in [3.05, 3.63) is 65.0 Å². The second-order valence-electron chi connectivity index (χ2n) is 7.65. The molecule has 1 amide bonds. The topological polar surface area (TPSA) is 95.1 Å². The van der Waals surface area contributed by atoms with Crippen LogP contribution in [0, 0.1) is 5.92 Å². The molecule has 3 N–H and O–H groups in total. The molecular weight excluding hydrogens is 366 g/mol. The highest BCUT2D eigenvalue weighted by molar-refractivity contribution is 5.94. The number of aromatic amines is 1. The lowest BCUT2D eigenvalue weighted by Gasteiger charge is -2.30. The summed E-state index contributed by atoms with van der Waals surface area (Å²) in [4.78, 5) is 32.0. The van der Waals surface area contributed by atoms with Crippen molar-refractivity contribution < 1.29 is 14.7 Å². The number of nitrogens with zero attached hydrogens (tertiary/aromatic N) is 1. The van der Waals surface area contributed by atoms with Gasteiger partial charge in [-0.1, -0.05) is 25.1 Å². The van der Waals surface area contributed by atoms with Crippen LogP contribution in [0.3, 0.4) is 0 Å². The molecule has 150 valence electrons. The Morgan fingerprint density at radius 1 is 1.28 bits per heavy atom. The number of carboxylic acids is 1. The van der Waals surface area contributed by atoms with Gasteiger partial charge < -0.3 is 15.4 Å². The average Bonchev–Trinajstić information content (AvgIpc) is 3.15. The summed E-state index contributed by atoms with van der Waals surface area (Å²) >= 11 is 0. The number of hydrogen-bond acceptors (Lipinski definition) is 3. The monoisotopic (exact) mass is 391 g/mol. The molecule has 1 heterocycles. The van der Waals surface area contributed by atoms with E-state index in [2.05, 4.69) is 15.3 Å². The summed E-state index contributed by atoms with van der Waals surface area (Å²) in [6.07, 6.45) is 3.33. The molecular formula is C23H25N3O3. The Labute approximate surface area is 169 Å². The molecule has 0 radical (unpaired) electrons. The molecule has 6 nitrogen and oxygen atoms in total. The third kappa shape index (κ3) is 3.88. The van der Waals surface area contributed by atoms with Crippen LogP contribution in [-0.4, -0.2) is 27.0 Å². The number of aryl methyl sites for hydroxylation is 1. The number of carbonyl (C=O) groups excluding carboxylic acids is 1. The SMILES string of the molecule is CCC(C(=O)O)C1CCCc2cc(C(=O)NCc3nc4ccccc4[nH]3)ccc21. The second-order valence-corrected chi connectivity index (χ2v) is 7.65. The maximum absolute atomic E-state index is 12.7. The van der Waals surface area contributed by atoms with E-state index in [0.717, 1.165) is 41.4 Å². The lowest BCUT2D eigenvalue weighted by molar-refractivity contribution is -0.142. The summed E-state index contributed by atoms with van der Waals surface area (Å²) in [6.45, 7) is 2.25. The largest absolute Gasteiger partial charge is 0.481 e. The number of carboxylic acid groups (broad SMARTS) is 1. The van der Waals surface area contributed by atoms with Gasteiger partial charge >= 0.3 is 5.97 Å². The second kappa shape index (κ2) is 8.07. The minimum absolute atomic E-state index is 0.0221. The van der Waals surface area contributed by atoms with E-state index in [-0.39, 0.29) is 17.7 Å². The highest BCUT2D eigenvalue weighted by Crippen LogP contribution is 2.38. The summed E-state index contributed by atoms with van der Waals surface area (Å²) < 4.78 is 0. The van der Waals surface area contributed by atoms with Crippen molar-refractivity contribution in [2.24, 2.45) is 5.92 Å². The van der Waals surface area contributed by atoms with Gasteiger partial charge in [-0.2, -0.15) is 0 Å². The number of nitrogens with one attached hydrogen (secondary N) is 2. The van der Waals surface area contributed by atoms with Crippen molar-refractivity contribution in [3.63, 3.8) is 0 Å². The number of rotatable bonds is 6. The van der Waals surface area contributed by atoms with Crippen molar-refractivity contribution in [1.29, 1.82) is 0 Å². The number of hydrogen-bond donors (Lipinski definition) is 3. The first-order valence-corrected chi connectivity index (χ1v) is 10.1. The normalized spacial score (nSPS) is 16.9. The van der Waals surface area contributed by atoms with Gasteiger partial charge in [0.05, 0.1) is 23.5 Å². The number of amides is 1. The van der Waals surface area contributed by atoms with Crippen LogP contribution < -0.4 is 5.32 Å². The molecule has 4 rings (SSSR count). The Hall–Kier alpha value is -3.15. The van der Waals surface area contributed by atoms with Crippen LogP contribution in [0.1, 0.15) is 59.4 Å². The molecule has 1 aliphatic rings. The van der Waals surface area contributed by atoms with E-state index in [1.165, 1.54) is 0 Å². The van der Waals surface area contributed by atoms with Gasteiger partial charge in [0.2, 0.25) is 0 Å². The van der Waals surface area contributed by atoms with Gasteiger partial charge in [-0.15, -0.1) is 0 Å². The molecule has 6 heteroatoms. The Kier molecular flexibility index (Phi) is 5.34. The van der Waals surface area contributed by atoms with Gasteiger partial charge in [-0.25, -0.2) is 4.98 Å². The number of aromatic nitrogens is 2. The van der Waals surface area contributed by atoms with E-state index in [0.29, 0.717) is 24.4 Å². The van der Waals surface area contributed by atoms with Gasteiger partial charge in [0.15, 0.2) is 0 Å². The Morgan fingerprint density at radius 3 is 2.86 bits per heavy atom. The number of H-pyrrole nitrogens is 1. The standard InChI is InChI=1S/C23H25N3O3/c1-2-16(23(28)29)18-7-5-6-14-12-15(10-11-17(14)18)22(27)24-13-21-25-19-8-3-4-9-20(19)26-21/h3-4,8-12,16,18H,2,5-7,13H2,1H3,(H,24,27)(H,25,26)(H,28,29). The molecule has 0 bridgehead atoms. The van der Waals surface area contributed by atoms with Crippen molar-refractivity contribution in [1.82, 2.24) is 15.3 Å². The van der Waals surface area contributed by atoms with E-state index in [9.17, 15) is 14.7 Å². The molecule has 2 aromatic carbocycles. The first-order chi connectivity index (χ1) is 14.1. The highest BCUT2D eigenvalue weighted by Gasteiger charge is 2.31. The number of benzene rings is 2. The summed E-state index contributed by atoms with van der Waals surface area (Å²) in [5.41, 5.74) is 4.60. The zero-order valence-electron chi connectivity index (χ0n) is 16.4. The molecule has 1 aliphatic carbocycles. The van der Waals surface area contributed by atoms with E-state index >= 15 is 0 Å². The average molecular weight is 391 g/mol. The Bertz CT molecular complexity index is 1020. The summed E-state index contributed by atoms with van der Waals surface area (Å²) in [7, 11) is 0. The minimum Gasteiger partial charge on any atom is -0.481 e. The predicted molar refractivity (Wildman–Crippen MR) is 111 cm³/mol. The maximum atomic E-state index is 12.7. The number of para-hydroxylation sites is 2. The van der Waals surface area contributed by atoms with Crippen LogP contribution >= 0.6 is 0 Å². The predicted octanol–water partition coefficient (Wildman–Crippen LogP) is 4.02. The number of fused-ring (bicyclic) bond motifs is 2. The fourth-order valence-electron chi connectivity index (χ4n) is 4.40.